The number of carbonyl (C=O) groups excluding carboxylic acids is 1. The van der Waals surface area contributed by atoms with Gasteiger partial charge in [-0.15, -0.1) is 0 Å². The standard InChI is InChI=1S/C18H24N2O4.C2HF3O2/c1-11-7-14-12(2)16(24-17(14)15(8-11)22-3)18(21)20-5-4-6-23-13(9-19)10-20;3-2(4,5)1(6)7/h7-8,13H,4-6,9-10,19H2,1-3H3;(H,6,7). The molecule has 8 nitrogen and oxygen atoms in total. The number of hydrogen-bond acceptors (Lipinski definition) is 6. The Balaban J connectivity index is 0.000000423. The van der Waals surface area contributed by atoms with Crippen molar-refractivity contribution in [3.8, 4) is 5.75 Å². The normalized spacial score (nSPS) is 17.0. The van der Waals surface area contributed by atoms with Crippen molar-refractivity contribution >= 4 is 22.8 Å². The molecule has 1 aromatic heterocycles. The van der Waals surface area contributed by atoms with E-state index >= 15 is 0 Å². The summed E-state index contributed by atoms with van der Waals surface area (Å²) in [5.41, 5.74) is 8.24. The molecule has 1 amide bonds. The third-order valence-corrected chi connectivity index (χ3v) is 4.70. The molecule has 0 saturated carbocycles. The van der Waals surface area contributed by atoms with Crippen LogP contribution in [0.5, 0.6) is 5.75 Å². The molecule has 31 heavy (non-hydrogen) atoms. The predicted octanol–water partition coefficient (Wildman–Crippen LogP) is 2.88. The van der Waals surface area contributed by atoms with Crippen molar-refractivity contribution in [2.75, 3.05) is 33.4 Å². The fraction of sp³-hybridized carbons (Fsp3) is 0.500. The van der Waals surface area contributed by atoms with Crippen LogP contribution < -0.4 is 10.5 Å². The first-order chi connectivity index (χ1) is 14.5. The molecule has 2 aromatic rings. The molecular weight excluding hydrogens is 421 g/mol. The number of halogens is 3. The molecule has 172 valence electrons. The van der Waals surface area contributed by atoms with Gasteiger partial charge < -0.3 is 29.6 Å². The number of carboxylic acids is 1. The van der Waals surface area contributed by atoms with Gasteiger partial charge in [0.15, 0.2) is 17.1 Å². The molecule has 0 bridgehead atoms. The highest BCUT2D eigenvalue weighted by molar-refractivity contribution is 6.00. The molecule has 1 atom stereocenters. The number of amides is 1. The first kappa shape index (κ1) is 24.5. The molecule has 1 aliphatic rings. The zero-order valence-electron chi connectivity index (χ0n) is 17.4. The van der Waals surface area contributed by atoms with Crippen LogP contribution in [0.15, 0.2) is 16.5 Å². The maximum absolute atomic E-state index is 13.0. The van der Waals surface area contributed by atoms with Crippen LogP contribution in [0.1, 0.15) is 28.1 Å². The number of rotatable bonds is 3. The lowest BCUT2D eigenvalue weighted by molar-refractivity contribution is -0.192. The van der Waals surface area contributed by atoms with E-state index in [0.29, 0.717) is 43.3 Å². The van der Waals surface area contributed by atoms with Gasteiger partial charge in [-0.1, -0.05) is 0 Å². The summed E-state index contributed by atoms with van der Waals surface area (Å²) in [7, 11) is 1.60. The highest BCUT2D eigenvalue weighted by atomic mass is 19.4. The number of aliphatic carboxylic acids is 1. The number of hydrogen-bond donors (Lipinski definition) is 2. The van der Waals surface area contributed by atoms with E-state index < -0.39 is 12.1 Å². The third kappa shape index (κ3) is 5.88. The van der Waals surface area contributed by atoms with Crippen molar-refractivity contribution in [2.24, 2.45) is 5.73 Å². The molecule has 3 N–H and O–H groups in total. The van der Waals surface area contributed by atoms with Crippen molar-refractivity contribution in [2.45, 2.75) is 32.5 Å². The first-order valence-corrected chi connectivity index (χ1v) is 9.48. The maximum Gasteiger partial charge on any atom is 0.490 e. The van der Waals surface area contributed by atoms with E-state index in [1.165, 1.54) is 0 Å². The summed E-state index contributed by atoms with van der Waals surface area (Å²) in [5, 5.41) is 8.04. The number of benzene rings is 1. The van der Waals surface area contributed by atoms with Gasteiger partial charge in [0.25, 0.3) is 5.91 Å². The van der Waals surface area contributed by atoms with Crippen molar-refractivity contribution in [3.63, 3.8) is 0 Å². The van der Waals surface area contributed by atoms with Crippen LogP contribution in [0.4, 0.5) is 13.2 Å². The molecule has 1 aromatic carbocycles. The van der Waals surface area contributed by atoms with E-state index in [1.807, 2.05) is 26.0 Å². The van der Waals surface area contributed by atoms with Crippen molar-refractivity contribution < 1.29 is 41.8 Å². The molecule has 1 aliphatic heterocycles. The summed E-state index contributed by atoms with van der Waals surface area (Å²) in [5.74, 6) is -1.86. The lowest BCUT2D eigenvalue weighted by atomic mass is 10.1. The summed E-state index contributed by atoms with van der Waals surface area (Å²) in [6.45, 7) is 6.05. The number of nitrogens with zero attached hydrogens (tertiary/aromatic N) is 1. The molecule has 1 unspecified atom stereocenters. The van der Waals surface area contributed by atoms with Gasteiger partial charge in [0.2, 0.25) is 0 Å². The molecule has 0 aliphatic carbocycles. The minimum atomic E-state index is -5.08. The number of nitrogens with two attached hydrogens (primary N) is 1. The third-order valence-electron chi connectivity index (χ3n) is 4.70. The predicted molar refractivity (Wildman–Crippen MR) is 105 cm³/mol. The van der Waals surface area contributed by atoms with Gasteiger partial charge in [-0.2, -0.15) is 13.2 Å². The van der Waals surface area contributed by atoms with E-state index in [2.05, 4.69) is 0 Å². The number of fused-ring (bicyclic) bond motifs is 1. The van der Waals surface area contributed by atoms with Crippen LogP contribution in [-0.2, 0) is 9.53 Å². The molecule has 11 heteroatoms. The Kier molecular flexibility index (Phi) is 7.91. The van der Waals surface area contributed by atoms with Gasteiger partial charge in [-0.05, 0) is 38.0 Å². The average Bonchev–Trinajstić information content (AvgIpc) is 2.89. The SMILES string of the molecule is COc1cc(C)cc2c(C)c(C(=O)N3CCCOC(CN)C3)oc12.O=C(O)C(F)(F)F. The number of methoxy groups -OCH3 is 1. The van der Waals surface area contributed by atoms with Crippen LogP contribution in [0.25, 0.3) is 11.0 Å². The fourth-order valence-corrected chi connectivity index (χ4v) is 3.15. The minimum Gasteiger partial charge on any atom is -0.493 e. The zero-order chi connectivity index (χ0) is 23.3. The second kappa shape index (κ2) is 10.0. The summed E-state index contributed by atoms with van der Waals surface area (Å²) < 4.78 is 48.7. The monoisotopic (exact) mass is 446 g/mol. The average molecular weight is 446 g/mol. The fourth-order valence-electron chi connectivity index (χ4n) is 3.15. The Labute approximate surface area is 176 Å². The van der Waals surface area contributed by atoms with Gasteiger partial charge >= 0.3 is 12.1 Å². The second-order valence-corrected chi connectivity index (χ2v) is 7.04. The number of carbonyl (C=O) groups is 2. The zero-order valence-corrected chi connectivity index (χ0v) is 17.4. The van der Waals surface area contributed by atoms with E-state index in [9.17, 15) is 18.0 Å². The second-order valence-electron chi connectivity index (χ2n) is 7.04. The van der Waals surface area contributed by atoms with Gasteiger partial charge in [0, 0.05) is 37.2 Å². The number of alkyl halides is 3. The Morgan fingerprint density at radius 3 is 2.52 bits per heavy atom. The molecular formula is C20H25F3N2O6. The van der Waals surface area contributed by atoms with E-state index in [0.717, 1.165) is 22.9 Å². The lowest BCUT2D eigenvalue weighted by Gasteiger charge is -2.22. The number of aryl methyl sites for hydroxylation is 2. The van der Waals surface area contributed by atoms with E-state index in [-0.39, 0.29) is 12.0 Å². The Hall–Kier alpha value is -2.79. The highest BCUT2D eigenvalue weighted by Crippen LogP contribution is 2.34. The highest BCUT2D eigenvalue weighted by Gasteiger charge is 2.38. The van der Waals surface area contributed by atoms with Gasteiger partial charge in [-0.25, -0.2) is 4.79 Å². The molecule has 1 saturated heterocycles. The maximum atomic E-state index is 13.0. The number of carboxylic acid groups (broad SMARTS) is 1. The number of furan rings is 1. The van der Waals surface area contributed by atoms with Gasteiger partial charge in [-0.3, -0.25) is 4.79 Å². The van der Waals surface area contributed by atoms with Crippen molar-refractivity contribution in [1.29, 1.82) is 0 Å². The summed E-state index contributed by atoms with van der Waals surface area (Å²) in [4.78, 5) is 23.7. The van der Waals surface area contributed by atoms with Crippen LogP contribution in [0, 0.1) is 13.8 Å². The summed E-state index contributed by atoms with van der Waals surface area (Å²) in [6, 6.07) is 3.92. The van der Waals surface area contributed by atoms with Crippen molar-refractivity contribution in [1.82, 2.24) is 4.90 Å². The van der Waals surface area contributed by atoms with Gasteiger partial charge in [0.1, 0.15) is 0 Å². The van der Waals surface area contributed by atoms with Crippen LogP contribution in [-0.4, -0.2) is 67.5 Å². The van der Waals surface area contributed by atoms with E-state index in [1.54, 1.807) is 12.0 Å². The Morgan fingerprint density at radius 1 is 1.32 bits per heavy atom. The van der Waals surface area contributed by atoms with Crippen LogP contribution >= 0.6 is 0 Å². The van der Waals surface area contributed by atoms with E-state index in [4.69, 9.17) is 29.5 Å². The van der Waals surface area contributed by atoms with Gasteiger partial charge in [0.05, 0.1) is 13.2 Å². The largest absolute Gasteiger partial charge is 0.493 e. The molecule has 1 fully saturated rings. The quantitative estimate of drug-likeness (QED) is 0.745. The molecule has 2 heterocycles. The topological polar surface area (TPSA) is 115 Å². The van der Waals surface area contributed by atoms with Crippen molar-refractivity contribution in [3.05, 3.63) is 29.0 Å². The Morgan fingerprint density at radius 2 is 1.97 bits per heavy atom. The summed E-state index contributed by atoms with van der Waals surface area (Å²) in [6.07, 6.45) is -4.41. The number of ether oxygens (including phenoxy) is 2. The molecule has 3 rings (SSSR count). The first-order valence-electron chi connectivity index (χ1n) is 9.48. The lowest BCUT2D eigenvalue weighted by Crippen LogP contribution is -2.39. The van der Waals surface area contributed by atoms with Crippen LogP contribution in [0.2, 0.25) is 0 Å². The summed E-state index contributed by atoms with van der Waals surface area (Å²) >= 11 is 0. The smallest absolute Gasteiger partial charge is 0.490 e. The Bertz CT molecular complexity index is 941. The molecule has 0 spiro atoms. The molecule has 0 radical (unpaired) electrons. The minimum absolute atomic E-state index is 0.118. The van der Waals surface area contributed by atoms with Crippen LogP contribution in [0.3, 0.4) is 0 Å².